The Bertz CT molecular complexity index is 440. The summed E-state index contributed by atoms with van der Waals surface area (Å²) >= 11 is 0. The molecule has 0 aromatic heterocycles. The molecule has 3 nitrogen and oxygen atoms in total. The van der Waals surface area contributed by atoms with E-state index in [0.29, 0.717) is 0 Å². The van der Waals surface area contributed by atoms with Crippen molar-refractivity contribution in [3.8, 4) is 12.1 Å². The summed E-state index contributed by atoms with van der Waals surface area (Å²) in [5.74, 6) is 0.0178. The summed E-state index contributed by atoms with van der Waals surface area (Å²) in [6.07, 6.45) is 0. The lowest BCUT2D eigenvalue weighted by atomic mass is 10.1. The Hall–Kier alpha value is -1.84. The van der Waals surface area contributed by atoms with Gasteiger partial charge >= 0.3 is 0 Å². The highest BCUT2D eigenvalue weighted by atomic mass is 15.1. The Balaban J connectivity index is 2.75. The molecule has 0 bridgehead atoms. The molecule has 1 unspecified atom stereocenters. The molecule has 0 heterocycles. The highest BCUT2D eigenvalue weighted by molar-refractivity contribution is 5.37. The molecule has 0 aliphatic carbocycles. The van der Waals surface area contributed by atoms with E-state index >= 15 is 0 Å². The number of nitriles is 2. The van der Waals surface area contributed by atoms with Gasteiger partial charge < -0.3 is 0 Å². The number of rotatable bonds is 5. The maximum absolute atomic E-state index is 9.01. The molecule has 0 radical (unpaired) electrons. The number of hydrogen-bond acceptors (Lipinski definition) is 3. The van der Waals surface area contributed by atoms with Crippen molar-refractivity contribution in [1.82, 2.24) is 4.90 Å². The van der Waals surface area contributed by atoms with E-state index in [-0.39, 0.29) is 5.92 Å². The van der Waals surface area contributed by atoms with Gasteiger partial charge in [-0.1, -0.05) is 25.1 Å². The summed E-state index contributed by atoms with van der Waals surface area (Å²) < 4.78 is 0. The molecule has 0 N–H and O–H groups in total. The van der Waals surface area contributed by atoms with Crippen LogP contribution in [0.15, 0.2) is 24.3 Å². The molecule has 0 saturated heterocycles. The molecule has 0 fully saturated rings. The predicted octanol–water partition coefficient (Wildman–Crippen LogP) is 2.54. The van der Waals surface area contributed by atoms with Gasteiger partial charge in [0.1, 0.15) is 0 Å². The standard InChI is InChI=1S/C14H17N3/c1-3-17(10-12(2)8-15)11-14-7-5-4-6-13(14)9-16/h4-7,12H,3,10-11H2,1-2H3. The zero-order valence-electron chi connectivity index (χ0n) is 10.3. The van der Waals surface area contributed by atoms with Gasteiger partial charge in [0.2, 0.25) is 0 Å². The third kappa shape index (κ3) is 3.90. The fourth-order valence-corrected chi connectivity index (χ4v) is 1.74. The molecule has 0 saturated carbocycles. The highest BCUT2D eigenvalue weighted by Gasteiger charge is 2.10. The minimum atomic E-state index is 0.0178. The van der Waals surface area contributed by atoms with Gasteiger partial charge in [0, 0.05) is 13.1 Å². The van der Waals surface area contributed by atoms with E-state index in [1.54, 1.807) is 0 Å². The summed E-state index contributed by atoms with van der Waals surface area (Å²) in [4.78, 5) is 2.18. The van der Waals surface area contributed by atoms with Gasteiger partial charge in [-0.05, 0) is 25.1 Å². The average Bonchev–Trinajstić information content (AvgIpc) is 2.38. The van der Waals surface area contributed by atoms with E-state index in [1.165, 1.54) is 0 Å². The van der Waals surface area contributed by atoms with Crippen LogP contribution in [-0.4, -0.2) is 18.0 Å². The van der Waals surface area contributed by atoms with Crippen molar-refractivity contribution in [2.24, 2.45) is 5.92 Å². The lowest BCUT2D eigenvalue weighted by molar-refractivity contribution is 0.260. The van der Waals surface area contributed by atoms with Crippen LogP contribution in [0.2, 0.25) is 0 Å². The molecule has 1 aromatic carbocycles. The zero-order valence-corrected chi connectivity index (χ0v) is 10.3. The fraction of sp³-hybridized carbons (Fsp3) is 0.429. The first-order valence-electron chi connectivity index (χ1n) is 5.81. The quantitative estimate of drug-likeness (QED) is 0.776. The lowest BCUT2D eigenvalue weighted by Gasteiger charge is -2.21. The van der Waals surface area contributed by atoms with E-state index < -0.39 is 0 Å². The Morgan fingerprint density at radius 3 is 2.59 bits per heavy atom. The largest absolute Gasteiger partial charge is 0.298 e. The van der Waals surface area contributed by atoms with Gasteiger partial charge in [-0.3, -0.25) is 4.90 Å². The van der Waals surface area contributed by atoms with Crippen LogP contribution in [0.5, 0.6) is 0 Å². The van der Waals surface area contributed by atoms with Crippen molar-refractivity contribution < 1.29 is 0 Å². The monoisotopic (exact) mass is 227 g/mol. The van der Waals surface area contributed by atoms with Crippen molar-refractivity contribution in [3.63, 3.8) is 0 Å². The van der Waals surface area contributed by atoms with E-state index in [2.05, 4.69) is 24.0 Å². The summed E-state index contributed by atoms with van der Waals surface area (Å²) in [6.45, 7) is 6.34. The normalized spacial score (nSPS) is 11.8. The van der Waals surface area contributed by atoms with Gasteiger partial charge in [-0.25, -0.2) is 0 Å². The predicted molar refractivity (Wildman–Crippen MR) is 66.9 cm³/mol. The van der Waals surface area contributed by atoms with E-state index in [4.69, 9.17) is 10.5 Å². The lowest BCUT2D eigenvalue weighted by Crippen LogP contribution is -2.27. The molecule has 1 aromatic rings. The van der Waals surface area contributed by atoms with Crippen LogP contribution in [0.25, 0.3) is 0 Å². The first-order valence-corrected chi connectivity index (χ1v) is 5.81. The van der Waals surface area contributed by atoms with Crippen LogP contribution < -0.4 is 0 Å². The molecule has 0 aliphatic heterocycles. The Kier molecular flexibility index (Phi) is 5.20. The smallest absolute Gasteiger partial charge is 0.0995 e. The Labute approximate surface area is 103 Å². The molecular formula is C14H17N3. The van der Waals surface area contributed by atoms with Gasteiger partial charge in [0.15, 0.2) is 0 Å². The summed E-state index contributed by atoms with van der Waals surface area (Å²) in [5.41, 5.74) is 1.75. The summed E-state index contributed by atoms with van der Waals surface area (Å²) in [7, 11) is 0. The first-order chi connectivity index (χ1) is 8.21. The highest BCUT2D eigenvalue weighted by Crippen LogP contribution is 2.11. The first kappa shape index (κ1) is 13.2. The van der Waals surface area contributed by atoms with E-state index in [1.807, 2.05) is 31.2 Å². The van der Waals surface area contributed by atoms with Gasteiger partial charge in [0.05, 0.1) is 23.6 Å². The minimum Gasteiger partial charge on any atom is -0.298 e. The molecule has 3 heteroatoms. The Morgan fingerprint density at radius 1 is 1.29 bits per heavy atom. The number of nitrogens with zero attached hydrogens (tertiary/aromatic N) is 3. The molecule has 88 valence electrons. The second-order valence-corrected chi connectivity index (χ2v) is 4.13. The molecule has 1 rings (SSSR count). The van der Waals surface area contributed by atoms with Gasteiger partial charge in [-0.15, -0.1) is 0 Å². The second kappa shape index (κ2) is 6.68. The third-order valence-electron chi connectivity index (χ3n) is 2.73. The van der Waals surface area contributed by atoms with E-state index in [0.717, 1.165) is 30.8 Å². The van der Waals surface area contributed by atoms with Gasteiger partial charge in [0.25, 0.3) is 0 Å². The summed E-state index contributed by atoms with van der Waals surface area (Å²) in [6, 6.07) is 12.1. The molecule has 1 atom stereocenters. The topological polar surface area (TPSA) is 50.8 Å². The third-order valence-corrected chi connectivity index (χ3v) is 2.73. The Morgan fingerprint density at radius 2 is 2.00 bits per heavy atom. The molecule has 0 amide bonds. The van der Waals surface area contributed by atoms with Crippen LogP contribution in [0.4, 0.5) is 0 Å². The van der Waals surface area contributed by atoms with Crippen molar-refractivity contribution in [1.29, 1.82) is 10.5 Å². The molecular weight excluding hydrogens is 210 g/mol. The van der Waals surface area contributed by atoms with Crippen molar-refractivity contribution in [2.45, 2.75) is 20.4 Å². The maximum Gasteiger partial charge on any atom is 0.0995 e. The zero-order chi connectivity index (χ0) is 12.7. The average molecular weight is 227 g/mol. The second-order valence-electron chi connectivity index (χ2n) is 4.13. The van der Waals surface area contributed by atoms with Gasteiger partial charge in [-0.2, -0.15) is 10.5 Å². The fourth-order valence-electron chi connectivity index (χ4n) is 1.74. The summed E-state index contributed by atoms with van der Waals surface area (Å²) in [5, 5.41) is 17.8. The van der Waals surface area contributed by atoms with Crippen molar-refractivity contribution >= 4 is 0 Å². The minimum absolute atomic E-state index is 0.0178. The van der Waals surface area contributed by atoms with Crippen LogP contribution in [0.1, 0.15) is 25.0 Å². The van der Waals surface area contributed by atoms with Crippen LogP contribution in [0.3, 0.4) is 0 Å². The molecule has 0 aliphatic rings. The van der Waals surface area contributed by atoms with Crippen LogP contribution in [0, 0.1) is 28.6 Å². The number of benzene rings is 1. The van der Waals surface area contributed by atoms with E-state index in [9.17, 15) is 0 Å². The SMILES string of the molecule is CCN(Cc1ccccc1C#N)CC(C)C#N. The van der Waals surface area contributed by atoms with Crippen molar-refractivity contribution in [2.75, 3.05) is 13.1 Å². The number of hydrogen-bond donors (Lipinski definition) is 0. The molecule has 0 spiro atoms. The van der Waals surface area contributed by atoms with Crippen LogP contribution >= 0.6 is 0 Å². The molecule has 17 heavy (non-hydrogen) atoms. The van der Waals surface area contributed by atoms with Crippen LogP contribution in [-0.2, 0) is 6.54 Å². The van der Waals surface area contributed by atoms with Crippen molar-refractivity contribution in [3.05, 3.63) is 35.4 Å². The maximum atomic E-state index is 9.01.